The van der Waals surface area contributed by atoms with Crippen LogP contribution in [0.4, 0.5) is 11.4 Å². The Balaban J connectivity index is 1.57. The number of benzene rings is 3. The van der Waals surface area contributed by atoms with Gasteiger partial charge < -0.3 is 14.8 Å². The quantitative estimate of drug-likeness (QED) is 0.403. The third-order valence-corrected chi connectivity index (χ3v) is 6.87. The molecule has 33 heavy (non-hydrogen) atoms. The number of sulfonamides is 1. The summed E-state index contributed by atoms with van der Waals surface area (Å²) in [5.41, 5.74) is 1.34. The van der Waals surface area contributed by atoms with Crippen molar-refractivity contribution in [3.05, 3.63) is 78.4 Å². The number of anilines is 1. The lowest BCUT2D eigenvalue weighted by Crippen LogP contribution is -2.27. The third kappa shape index (κ3) is 4.15. The van der Waals surface area contributed by atoms with E-state index in [1.165, 1.54) is 38.4 Å². The molecule has 168 valence electrons. The van der Waals surface area contributed by atoms with E-state index in [0.29, 0.717) is 22.3 Å². The number of nitrogens with one attached hydrogen (secondary N) is 1. The molecule has 4 aromatic rings. The molecule has 0 unspecified atom stereocenters. The second-order valence-corrected chi connectivity index (χ2v) is 9.01. The van der Waals surface area contributed by atoms with Crippen molar-refractivity contribution in [2.75, 3.05) is 18.5 Å². The summed E-state index contributed by atoms with van der Waals surface area (Å²) in [5.74, 6) is -0.466. The lowest BCUT2D eigenvalue weighted by Gasteiger charge is -2.21. The van der Waals surface area contributed by atoms with E-state index in [2.05, 4.69) is 15.2 Å². The minimum absolute atomic E-state index is 0.00123. The number of carbonyl (C=O) groups is 1. The molecule has 9 nitrogen and oxygen atoms in total. The molecule has 3 aromatic carbocycles. The van der Waals surface area contributed by atoms with Gasteiger partial charge >= 0.3 is 0 Å². The Hall–Kier alpha value is -4.18. The van der Waals surface area contributed by atoms with E-state index in [1.54, 1.807) is 48.5 Å². The summed E-state index contributed by atoms with van der Waals surface area (Å²) in [6, 6.07) is 19.2. The van der Waals surface area contributed by atoms with Crippen LogP contribution >= 0.6 is 0 Å². The highest BCUT2D eigenvalue weighted by Gasteiger charge is 2.24. The molecular formula is C23H20N4O5S. The molecule has 0 radical (unpaired) electrons. The predicted octanol–water partition coefficient (Wildman–Crippen LogP) is 4.63. The monoisotopic (exact) mass is 464 g/mol. The zero-order valence-electron chi connectivity index (χ0n) is 17.8. The van der Waals surface area contributed by atoms with Crippen molar-refractivity contribution in [3.63, 3.8) is 0 Å². The summed E-state index contributed by atoms with van der Waals surface area (Å²) in [6.45, 7) is 0. The van der Waals surface area contributed by atoms with Gasteiger partial charge in [-0.1, -0.05) is 30.3 Å². The van der Waals surface area contributed by atoms with Crippen molar-refractivity contribution in [1.82, 2.24) is 4.98 Å². The topological polar surface area (TPSA) is 124 Å². The predicted molar refractivity (Wildman–Crippen MR) is 124 cm³/mol. The van der Waals surface area contributed by atoms with E-state index in [1.807, 2.05) is 0 Å². The molecule has 0 spiro atoms. The van der Waals surface area contributed by atoms with Crippen LogP contribution in [0.15, 0.2) is 87.9 Å². The average molecular weight is 465 g/mol. The number of hydrogen-bond acceptors (Lipinski definition) is 6. The summed E-state index contributed by atoms with van der Waals surface area (Å²) in [4.78, 5) is 15.2. The number of methoxy groups -OCH3 is 1. The summed E-state index contributed by atoms with van der Waals surface area (Å²) >= 11 is 0. The molecule has 2 N–H and O–H groups in total. The van der Waals surface area contributed by atoms with Gasteiger partial charge in [-0.2, -0.15) is 0 Å². The highest BCUT2D eigenvalue weighted by molar-refractivity contribution is 7.92. The van der Waals surface area contributed by atoms with Gasteiger partial charge in [-0.05, 0) is 42.5 Å². The highest BCUT2D eigenvalue weighted by Crippen LogP contribution is 2.35. The molecule has 1 heterocycles. The van der Waals surface area contributed by atoms with E-state index < -0.39 is 15.9 Å². The van der Waals surface area contributed by atoms with Crippen LogP contribution in [0, 0.1) is 0 Å². The Morgan fingerprint density at radius 2 is 1.67 bits per heavy atom. The standard InChI is InChI=1S/C23H20N4O5S/c1-27(19-9-5-6-10-20(19)32-2)33(30,31)16-13-11-15(12-14-16)22(28)26-25-21-17-7-3-4-8-18(17)24-23(21)29/h3-14,24,29H,1-2H3. The third-order valence-electron chi connectivity index (χ3n) is 5.08. The number of aromatic hydroxyl groups is 1. The van der Waals surface area contributed by atoms with Gasteiger partial charge in [-0.3, -0.25) is 9.10 Å². The Kier molecular flexibility index (Phi) is 5.84. The first-order valence-electron chi connectivity index (χ1n) is 9.80. The summed E-state index contributed by atoms with van der Waals surface area (Å²) in [5, 5.41) is 18.2. The number of aromatic nitrogens is 1. The van der Waals surface area contributed by atoms with Crippen LogP contribution in [0.25, 0.3) is 10.9 Å². The second kappa shape index (κ2) is 8.75. The lowest BCUT2D eigenvalue weighted by molar-refractivity contribution is 0.0995. The molecule has 1 amide bonds. The van der Waals surface area contributed by atoms with Crippen molar-refractivity contribution in [2.45, 2.75) is 4.90 Å². The van der Waals surface area contributed by atoms with Crippen LogP contribution in [0.5, 0.6) is 11.6 Å². The van der Waals surface area contributed by atoms with Gasteiger partial charge in [-0.25, -0.2) is 8.42 Å². The molecule has 0 bridgehead atoms. The Morgan fingerprint density at radius 1 is 1.00 bits per heavy atom. The molecule has 0 saturated heterocycles. The van der Waals surface area contributed by atoms with Crippen molar-refractivity contribution in [1.29, 1.82) is 0 Å². The second-order valence-electron chi connectivity index (χ2n) is 7.04. The maximum Gasteiger partial charge on any atom is 0.295 e. The van der Waals surface area contributed by atoms with Crippen LogP contribution in [-0.4, -0.2) is 38.6 Å². The van der Waals surface area contributed by atoms with E-state index in [4.69, 9.17) is 4.74 Å². The molecule has 0 aliphatic carbocycles. The van der Waals surface area contributed by atoms with Crippen molar-refractivity contribution >= 4 is 38.2 Å². The number of amides is 1. The minimum Gasteiger partial charge on any atom is -0.495 e. The van der Waals surface area contributed by atoms with Crippen LogP contribution in [0.1, 0.15) is 10.4 Å². The van der Waals surface area contributed by atoms with Gasteiger partial charge in [0.2, 0.25) is 5.88 Å². The SMILES string of the molecule is COc1ccccc1N(C)S(=O)(=O)c1ccc(C(=O)N=Nc2c(O)[nH]c3ccccc23)cc1. The van der Waals surface area contributed by atoms with Crippen LogP contribution < -0.4 is 9.04 Å². The van der Waals surface area contributed by atoms with E-state index in [0.717, 1.165) is 4.31 Å². The smallest absolute Gasteiger partial charge is 0.295 e. The number of aromatic amines is 1. The average Bonchev–Trinajstić information content (AvgIpc) is 3.16. The molecule has 1 aromatic heterocycles. The van der Waals surface area contributed by atoms with Gasteiger partial charge in [0.1, 0.15) is 5.75 Å². The number of fused-ring (bicyclic) bond motifs is 1. The summed E-state index contributed by atoms with van der Waals surface area (Å²) in [6.07, 6.45) is 0. The Morgan fingerprint density at radius 3 is 2.39 bits per heavy atom. The maximum absolute atomic E-state index is 13.0. The molecule has 0 aliphatic rings. The van der Waals surface area contributed by atoms with Gasteiger partial charge in [0, 0.05) is 18.0 Å². The number of ether oxygens (including phenoxy) is 1. The number of azo groups is 1. The molecule has 0 saturated carbocycles. The Labute approximate surface area is 190 Å². The van der Waals surface area contributed by atoms with E-state index in [-0.39, 0.29) is 22.0 Å². The van der Waals surface area contributed by atoms with Crippen molar-refractivity contribution in [3.8, 4) is 11.6 Å². The molecule has 0 fully saturated rings. The normalized spacial score (nSPS) is 11.7. The summed E-state index contributed by atoms with van der Waals surface area (Å²) in [7, 11) is -1.01. The first-order valence-corrected chi connectivity index (χ1v) is 11.2. The Bertz CT molecular complexity index is 1460. The highest BCUT2D eigenvalue weighted by atomic mass is 32.2. The summed E-state index contributed by atoms with van der Waals surface area (Å²) < 4.78 is 32.4. The fourth-order valence-corrected chi connectivity index (χ4v) is 4.52. The molecule has 4 rings (SSSR count). The molecular weight excluding hydrogens is 444 g/mol. The number of H-pyrrole nitrogens is 1. The number of para-hydroxylation sites is 3. The van der Waals surface area contributed by atoms with Crippen LogP contribution in [0.2, 0.25) is 0 Å². The zero-order valence-corrected chi connectivity index (χ0v) is 18.6. The fraction of sp³-hybridized carbons (Fsp3) is 0.0870. The zero-order chi connectivity index (χ0) is 23.6. The first kappa shape index (κ1) is 22.0. The molecule has 10 heteroatoms. The number of hydrogen-bond donors (Lipinski definition) is 2. The van der Waals surface area contributed by atoms with Gasteiger partial charge in [0.05, 0.1) is 23.2 Å². The van der Waals surface area contributed by atoms with Gasteiger partial charge in [-0.15, -0.1) is 10.2 Å². The number of nitrogens with zero attached hydrogens (tertiary/aromatic N) is 3. The van der Waals surface area contributed by atoms with Crippen molar-refractivity contribution < 1.29 is 23.1 Å². The van der Waals surface area contributed by atoms with Gasteiger partial charge in [0.25, 0.3) is 15.9 Å². The molecule has 0 atom stereocenters. The van der Waals surface area contributed by atoms with E-state index >= 15 is 0 Å². The number of rotatable bonds is 6. The molecule has 0 aliphatic heterocycles. The maximum atomic E-state index is 13.0. The van der Waals surface area contributed by atoms with E-state index in [9.17, 15) is 18.3 Å². The lowest BCUT2D eigenvalue weighted by atomic mass is 10.2. The first-order chi connectivity index (χ1) is 15.8. The number of carbonyl (C=O) groups excluding carboxylic acids is 1. The fourth-order valence-electron chi connectivity index (χ4n) is 3.31. The van der Waals surface area contributed by atoms with Crippen LogP contribution in [0.3, 0.4) is 0 Å². The van der Waals surface area contributed by atoms with Gasteiger partial charge in [0.15, 0.2) is 5.69 Å². The minimum atomic E-state index is -3.89. The van der Waals surface area contributed by atoms with Crippen LogP contribution in [-0.2, 0) is 10.0 Å². The largest absolute Gasteiger partial charge is 0.495 e. The van der Waals surface area contributed by atoms with Crippen molar-refractivity contribution in [2.24, 2.45) is 10.2 Å².